The average molecular weight is 169 g/mol. The highest BCUT2D eigenvalue weighted by molar-refractivity contribution is 5.18. The lowest BCUT2D eigenvalue weighted by molar-refractivity contribution is 0.178. The third-order valence-electron chi connectivity index (χ3n) is 1.17. The first-order valence-corrected chi connectivity index (χ1v) is 3.84. The minimum absolute atomic E-state index is 0.322. The molecule has 1 unspecified atom stereocenters. The van der Waals surface area contributed by atoms with Crippen LogP contribution in [0.3, 0.4) is 0 Å². The summed E-state index contributed by atoms with van der Waals surface area (Å²) in [6.07, 6.45) is 0.0231. The van der Waals surface area contributed by atoms with Gasteiger partial charge in [-0.25, -0.2) is 0 Å². The molecule has 1 aromatic carbocycles. The molecule has 0 aliphatic heterocycles. The van der Waals surface area contributed by atoms with E-state index in [0.29, 0.717) is 12.2 Å². The molecule has 0 saturated heterocycles. The molecule has 0 amide bonds. The van der Waals surface area contributed by atoms with Crippen molar-refractivity contribution in [3.63, 3.8) is 0 Å². The number of aliphatic hydroxyl groups excluding tert-OH is 1. The van der Waals surface area contributed by atoms with Crippen molar-refractivity contribution in [1.82, 2.24) is 0 Å². The van der Waals surface area contributed by atoms with Crippen molar-refractivity contribution in [2.24, 2.45) is 5.73 Å². The van der Waals surface area contributed by atoms with Crippen LogP contribution < -0.4 is 5.73 Å². The Morgan fingerprint density at radius 1 is 1.33 bits per heavy atom. The Bertz CT molecular complexity index is 187. The van der Waals surface area contributed by atoms with Crippen LogP contribution in [-0.4, -0.2) is 16.4 Å². The van der Waals surface area contributed by atoms with E-state index in [1.165, 1.54) is 0 Å². The maximum Gasteiger partial charge on any atom is 0.115 e. The number of hydrogen-bond donors (Lipinski definition) is 3. The molecular formula is C9H15NO2. The highest BCUT2D eigenvalue weighted by Crippen LogP contribution is 2.02. The summed E-state index contributed by atoms with van der Waals surface area (Å²) in [6, 6.07) is 8.71. The fraction of sp³-hybridized carbons (Fsp3) is 0.333. The van der Waals surface area contributed by atoms with E-state index in [4.69, 9.17) is 15.9 Å². The molecule has 1 aromatic rings. The lowest BCUT2D eigenvalue weighted by Gasteiger charge is -1.91. The second-order valence-electron chi connectivity index (χ2n) is 2.31. The molecule has 3 nitrogen and oxygen atoms in total. The summed E-state index contributed by atoms with van der Waals surface area (Å²) in [5, 5.41) is 16.8. The Morgan fingerprint density at radius 3 is 1.92 bits per heavy atom. The highest BCUT2D eigenvalue weighted by atomic mass is 16.3. The predicted octanol–water partition coefficient (Wildman–Crippen LogP) is 1.07. The van der Waals surface area contributed by atoms with Crippen molar-refractivity contribution in [2.75, 3.05) is 0 Å². The zero-order chi connectivity index (χ0) is 9.40. The fourth-order valence-corrected chi connectivity index (χ4v) is 0.428. The molecule has 0 aliphatic rings. The van der Waals surface area contributed by atoms with E-state index in [1.54, 1.807) is 24.3 Å². The Kier molecular flexibility index (Phi) is 6.05. The van der Waals surface area contributed by atoms with E-state index in [-0.39, 0.29) is 0 Å². The lowest BCUT2D eigenvalue weighted by atomic mass is 10.3. The van der Waals surface area contributed by atoms with Crippen LogP contribution in [0, 0.1) is 0 Å². The highest BCUT2D eigenvalue weighted by Gasteiger charge is 1.81. The number of aliphatic hydroxyl groups is 1. The molecule has 0 aromatic heterocycles. The number of aromatic hydroxyl groups is 1. The molecule has 0 heterocycles. The topological polar surface area (TPSA) is 66.5 Å². The zero-order valence-corrected chi connectivity index (χ0v) is 7.14. The molecule has 0 radical (unpaired) electrons. The van der Waals surface area contributed by atoms with Gasteiger partial charge in [-0.2, -0.15) is 0 Å². The van der Waals surface area contributed by atoms with Crippen LogP contribution in [0.1, 0.15) is 13.3 Å². The monoisotopic (exact) mass is 169 g/mol. The molecule has 0 aliphatic carbocycles. The first-order chi connectivity index (χ1) is 5.66. The van der Waals surface area contributed by atoms with Gasteiger partial charge in [0, 0.05) is 0 Å². The molecule has 0 fully saturated rings. The van der Waals surface area contributed by atoms with Gasteiger partial charge in [-0.15, -0.1) is 0 Å². The normalized spacial score (nSPS) is 11.2. The van der Waals surface area contributed by atoms with Gasteiger partial charge in [0.2, 0.25) is 0 Å². The standard InChI is InChI=1S/C6H6O.C3H9NO/c7-6-4-2-1-3-5-6;1-2-3(4)5/h1-5,7H;3,5H,2,4H2,1H3. The van der Waals surface area contributed by atoms with E-state index >= 15 is 0 Å². The van der Waals surface area contributed by atoms with Gasteiger partial charge in [-0.1, -0.05) is 25.1 Å². The third kappa shape index (κ3) is 7.05. The number of rotatable bonds is 1. The number of phenolic OH excluding ortho intramolecular Hbond substituents is 1. The predicted molar refractivity (Wildman–Crippen MR) is 48.6 cm³/mol. The molecule has 68 valence electrons. The molecule has 0 saturated carbocycles. The van der Waals surface area contributed by atoms with Gasteiger partial charge in [0.25, 0.3) is 0 Å². The van der Waals surface area contributed by atoms with Gasteiger partial charge in [-0.05, 0) is 18.6 Å². The van der Waals surface area contributed by atoms with Gasteiger partial charge < -0.3 is 15.9 Å². The number of para-hydroxylation sites is 1. The molecule has 0 spiro atoms. The smallest absolute Gasteiger partial charge is 0.115 e. The third-order valence-corrected chi connectivity index (χ3v) is 1.17. The maximum absolute atomic E-state index is 8.63. The van der Waals surface area contributed by atoms with E-state index in [0.717, 1.165) is 0 Å². The maximum atomic E-state index is 8.63. The van der Waals surface area contributed by atoms with Crippen molar-refractivity contribution in [3.8, 4) is 5.75 Å². The zero-order valence-electron chi connectivity index (χ0n) is 7.14. The van der Waals surface area contributed by atoms with Gasteiger partial charge in [-0.3, -0.25) is 0 Å². The van der Waals surface area contributed by atoms with Crippen LogP contribution in [-0.2, 0) is 0 Å². The second-order valence-corrected chi connectivity index (χ2v) is 2.31. The largest absolute Gasteiger partial charge is 0.508 e. The number of hydrogen-bond acceptors (Lipinski definition) is 3. The quantitative estimate of drug-likeness (QED) is 0.551. The van der Waals surface area contributed by atoms with E-state index < -0.39 is 6.23 Å². The van der Waals surface area contributed by atoms with E-state index in [2.05, 4.69) is 0 Å². The van der Waals surface area contributed by atoms with Crippen molar-refractivity contribution in [2.45, 2.75) is 19.6 Å². The molecule has 1 rings (SSSR count). The first-order valence-electron chi connectivity index (χ1n) is 3.84. The van der Waals surface area contributed by atoms with Gasteiger partial charge in [0.1, 0.15) is 12.0 Å². The summed E-state index contributed by atoms with van der Waals surface area (Å²) in [6.45, 7) is 1.82. The molecule has 12 heavy (non-hydrogen) atoms. The van der Waals surface area contributed by atoms with Crippen LogP contribution in [0.4, 0.5) is 0 Å². The molecule has 0 bridgehead atoms. The number of nitrogens with two attached hydrogens (primary N) is 1. The van der Waals surface area contributed by atoms with Crippen molar-refractivity contribution >= 4 is 0 Å². The Labute approximate surface area is 72.5 Å². The molecule has 4 N–H and O–H groups in total. The SMILES string of the molecule is CCC(N)O.Oc1ccccc1. The Hall–Kier alpha value is -1.06. The van der Waals surface area contributed by atoms with Crippen LogP contribution in [0.2, 0.25) is 0 Å². The summed E-state index contributed by atoms with van der Waals surface area (Å²) in [4.78, 5) is 0. The summed E-state index contributed by atoms with van der Waals surface area (Å²) < 4.78 is 0. The van der Waals surface area contributed by atoms with Crippen molar-refractivity contribution < 1.29 is 10.2 Å². The van der Waals surface area contributed by atoms with Gasteiger partial charge >= 0.3 is 0 Å². The molecule has 3 heteroatoms. The minimum atomic E-state index is -0.616. The summed E-state index contributed by atoms with van der Waals surface area (Å²) in [5.74, 6) is 0.322. The van der Waals surface area contributed by atoms with E-state index in [9.17, 15) is 0 Å². The van der Waals surface area contributed by atoms with Crippen LogP contribution >= 0.6 is 0 Å². The van der Waals surface area contributed by atoms with E-state index in [1.807, 2.05) is 13.0 Å². The minimum Gasteiger partial charge on any atom is -0.508 e. The second kappa shape index (κ2) is 6.64. The van der Waals surface area contributed by atoms with Crippen molar-refractivity contribution in [3.05, 3.63) is 30.3 Å². The molecule has 1 atom stereocenters. The molecular weight excluding hydrogens is 154 g/mol. The van der Waals surface area contributed by atoms with Gasteiger partial charge in [0.05, 0.1) is 0 Å². The van der Waals surface area contributed by atoms with Crippen molar-refractivity contribution in [1.29, 1.82) is 0 Å². The summed E-state index contributed by atoms with van der Waals surface area (Å²) in [5.41, 5.74) is 4.85. The Morgan fingerprint density at radius 2 is 1.75 bits per heavy atom. The average Bonchev–Trinajstić information content (AvgIpc) is 2.07. The lowest BCUT2D eigenvalue weighted by Crippen LogP contribution is -2.16. The summed E-state index contributed by atoms with van der Waals surface area (Å²) >= 11 is 0. The summed E-state index contributed by atoms with van der Waals surface area (Å²) in [7, 11) is 0. The Balaban J connectivity index is 0.000000217. The van der Waals surface area contributed by atoms with Gasteiger partial charge in [0.15, 0.2) is 0 Å². The van der Waals surface area contributed by atoms with Crippen LogP contribution in [0.5, 0.6) is 5.75 Å². The van der Waals surface area contributed by atoms with Crippen LogP contribution in [0.25, 0.3) is 0 Å². The van der Waals surface area contributed by atoms with Crippen LogP contribution in [0.15, 0.2) is 30.3 Å². The fourth-order valence-electron chi connectivity index (χ4n) is 0.428. The number of benzene rings is 1. The number of phenols is 1. The first kappa shape index (κ1) is 10.9.